The molecule has 1 aliphatic carbocycles. The number of hydrogen-bond acceptors (Lipinski definition) is 2. The van der Waals surface area contributed by atoms with E-state index < -0.39 is 0 Å². The van der Waals surface area contributed by atoms with Crippen LogP contribution < -0.4 is 4.74 Å². The quantitative estimate of drug-likeness (QED) is 0.530. The minimum atomic E-state index is 0.112. The van der Waals surface area contributed by atoms with Crippen LogP contribution in [0.15, 0.2) is 24.3 Å². The van der Waals surface area contributed by atoms with Crippen molar-refractivity contribution < 1.29 is 9.53 Å². The second kappa shape index (κ2) is 9.75. The third-order valence-electron chi connectivity index (χ3n) is 5.12. The average Bonchev–Trinajstić information content (AvgIpc) is 2.58. The lowest BCUT2D eigenvalue weighted by Crippen LogP contribution is -2.23. The minimum Gasteiger partial charge on any atom is -0.494 e. The predicted octanol–water partition coefficient (Wildman–Crippen LogP) is 5.90. The molecule has 0 aliphatic heterocycles. The van der Waals surface area contributed by atoms with Gasteiger partial charge in [-0.25, -0.2) is 0 Å². The number of hydrogen-bond donors (Lipinski definition) is 0. The van der Waals surface area contributed by atoms with Gasteiger partial charge in [0.25, 0.3) is 0 Å². The number of rotatable bonds is 9. The number of ether oxygens (including phenoxy) is 1. The van der Waals surface area contributed by atoms with Crippen molar-refractivity contribution >= 4 is 5.78 Å². The second-order valence-electron chi connectivity index (χ2n) is 6.91. The fraction of sp³-hybridized carbons (Fsp3) is 0.667. The minimum absolute atomic E-state index is 0.112. The summed E-state index contributed by atoms with van der Waals surface area (Å²) in [6, 6.07) is 8.23. The molecule has 0 bridgehead atoms. The molecule has 2 nitrogen and oxygen atoms in total. The molecule has 1 fully saturated rings. The van der Waals surface area contributed by atoms with Crippen LogP contribution in [-0.4, -0.2) is 12.4 Å². The summed E-state index contributed by atoms with van der Waals surface area (Å²) in [6.45, 7) is 5.22. The first-order valence-electron chi connectivity index (χ1n) is 9.50. The monoisotopic (exact) mass is 316 g/mol. The Morgan fingerprint density at radius 3 is 2.39 bits per heavy atom. The van der Waals surface area contributed by atoms with Crippen LogP contribution in [0.3, 0.4) is 0 Å². The van der Waals surface area contributed by atoms with E-state index in [2.05, 4.69) is 26.0 Å². The van der Waals surface area contributed by atoms with Crippen molar-refractivity contribution in [3.63, 3.8) is 0 Å². The first-order valence-corrected chi connectivity index (χ1v) is 9.50. The highest BCUT2D eigenvalue weighted by molar-refractivity contribution is 5.86. The van der Waals surface area contributed by atoms with Crippen LogP contribution in [0.2, 0.25) is 0 Å². The van der Waals surface area contributed by atoms with Gasteiger partial charge in [-0.05, 0) is 42.9 Å². The Bertz CT molecular complexity index is 463. The lowest BCUT2D eigenvalue weighted by atomic mass is 9.77. The van der Waals surface area contributed by atoms with Gasteiger partial charge >= 0.3 is 0 Å². The molecule has 0 saturated heterocycles. The topological polar surface area (TPSA) is 26.3 Å². The van der Waals surface area contributed by atoms with Gasteiger partial charge in [0.05, 0.1) is 6.61 Å². The normalized spacial score (nSPS) is 21.4. The molecule has 2 unspecified atom stereocenters. The predicted molar refractivity (Wildman–Crippen MR) is 96.1 cm³/mol. The average molecular weight is 316 g/mol. The van der Waals surface area contributed by atoms with E-state index in [0.29, 0.717) is 11.7 Å². The van der Waals surface area contributed by atoms with Gasteiger partial charge < -0.3 is 4.74 Å². The number of ketones is 1. The molecule has 1 aliphatic rings. The molecule has 0 N–H and O–H groups in total. The Hall–Kier alpha value is -1.31. The third kappa shape index (κ3) is 5.67. The molecule has 0 spiro atoms. The Labute approximate surface area is 141 Å². The zero-order valence-electron chi connectivity index (χ0n) is 14.9. The van der Waals surface area contributed by atoms with E-state index in [1.54, 1.807) is 0 Å². The molecule has 0 radical (unpaired) electrons. The number of benzene rings is 1. The van der Waals surface area contributed by atoms with Crippen LogP contribution in [0, 0.1) is 5.92 Å². The molecule has 0 heterocycles. The molecule has 2 atom stereocenters. The molecule has 1 saturated carbocycles. The summed E-state index contributed by atoms with van der Waals surface area (Å²) in [5.41, 5.74) is 1.17. The Morgan fingerprint density at radius 1 is 1.00 bits per heavy atom. The van der Waals surface area contributed by atoms with E-state index in [9.17, 15) is 4.79 Å². The van der Waals surface area contributed by atoms with Gasteiger partial charge in [0.1, 0.15) is 11.5 Å². The summed E-state index contributed by atoms with van der Waals surface area (Å²) in [4.78, 5) is 12.3. The maximum absolute atomic E-state index is 12.3. The van der Waals surface area contributed by atoms with Gasteiger partial charge in [0.15, 0.2) is 0 Å². The SMILES string of the molecule is CCCCCCCOc1ccc(C2CCC(CC)CC2=O)cc1. The van der Waals surface area contributed by atoms with Crippen molar-refractivity contribution in [1.82, 2.24) is 0 Å². The third-order valence-corrected chi connectivity index (χ3v) is 5.12. The molecule has 2 rings (SSSR count). The van der Waals surface area contributed by atoms with E-state index >= 15 is 0 Å². The summed E-state index contributed by atoms with van der Waals surface area (Å²) < 4.78 is 5.80. The van der Waals surface area contributed by atoms with E-state index in [1.165, 1.54) is 37.7 Å². The number of carbonyl (C=O) groups is 1. The van der Waals surface area contributed by atoms with Gasteiger partial charge in [-0.3, -0.25) is 4.79 Å². The van der Waals surface area contributed by atoms with Crippen molar-refractivity contribution in [1.29, 1.82) is 0 Å². The van der Waals surface area contributed by atoms with E-state index in [1.807, 2.05) is 12.1 Å². The molecule has 128 valence electrons. The van der Waals surface area contributed by atoms with Crippen molar-refractivity contribution in [2.24, 2.45) is 5.92 Å². The highest BCUT2D eigenvalue weighted by atomic mass is 16.5. The van der Waals surface area contributed by atoms with Crippen LogP contribution in [-0.2, 0) is 4.79 Å². The number of carbonyl (C=O) groups excluding carboxylic acids is 1. The maximum atomic E-state index is 12.3. The molecule has 0 aromatic heterocycles. The van der Waals surface area contributed by atoms with Gasteiger partial charge in [-0.15, -0.1) is 0 Å². The van der Waals surface area contributed by atoms with Gasteiger partial charge in [0, 0.05) is 12.3 Å². The van der Waals surface area contributed by atoms with Crippen LogP contribution in [0.25, 0.3) is 0 Å². The van der Waals surface area contributed by atoms with Gasteiger partial charge in [0.2, 0.25) is 0 Å². The van der Waals surface area contributed by atoms with Crippen LogP contribution in [0.5, 0.6) is 5.75 Å². The summed E-state index contributed by atoms with van der Waals surface area (Å²) in [5, 5.41) is 0. The summed E-state index contributed by atoms with van der Waals surface area (Å²) in [5.74, 6) is 2.07. The zero-order chi connectivity index (χ0) is 16.5. The van der Waals surface area contributed by atoms with Gasteiger partial charge in [-0.2, -0.15) is 0 Å². The largest absolute Gasteiger partial charge is 0.494 e. The van der Waals surface area contributed by atoms with E-state index in [4.69, 9.17) is 4.74 Å². The number of unbranched alkanes of at least 4 members (excludes halogenated alkanes) is 4. The standard InChI is InChI=1S/C21H32O2/c1-3-5-6-7-8-15-23-19-12-10-18(11-13-19)20-14-9-17(4-2)16-21(20)22/h10-13,17,20H,3-9,14-16H2,1-2H3. The molecule has 0 amide bonds. The van der Waals surface area contributed by atoms with Crippen molar-refractivity contribution in [3.05, 3.63) is 29.8 Å². The Kier molecular flexibility index (Phi) is 7.64. The Morgan fingerprint density at radius 2 is 1.74 bits per heavy atom. The summed E-state index contributed by atoms with van der Waals surface area (Å²) >= 11 is 0. The number of Topliss-reactive ketones (excluding diaryl/α,β-unsaturated/α-hetero) is 1. The first kappa shape index (κ1) is 18.0. The molecule has 2 heteroatoms. The highest BCUT2D eigenvalue weighted by Gasteiger charge is 2.28. The van der Waals surface area contributed by atoms with Crippen molar-refractivity contribution in [2.75, 3.05) is 6.61 Å². The fourth-order valence-electron chi connectivity index (χ4n) is 3.49. The van der Waals surface area contributed by atoms with Crippen LogP contribution >= 0.6 is 0 Å². The highest BCUT2D eigenvalue weighted by Crippen LogP contribution is 2.34. The fourth-order valence-corrected chi connectivity index (χ4v) is 3.49. The van der Waals surface area contributed by atoms with Crippen LogP contribution in [0.1, 0.15) is 83.1 Å². The summed E-state index contributed by atoms with van der Waals surface area (Å²) in [7, 11) is 0. The first-order chi connectivity index (χ1) is 11.2. The zero-order valence-corrected chi connectivity index (χ0v) is 14.9. The molecular formula is C21H32O2. The van der Waals surface area contributed by atoms with Crippen molar-refractivity contribution in [3.8, 4) is 5.75 Å². The molecular weight excluding hydrogens is 284 g/mol. The molecule has 1 aromatic rings. The van der Waals surface area contributed by atoms with Crippen LogP contribution in [0.4, 0.5) is 0 Å². The van der Waals surface area contributed by atoms with Crippen molar-refractivity contribution in [2.45, 2.75) is 77.6 Å². The summed E-state index contributed by atoms with van der Waals surface area (Å²) in [6.07, 6.45) is 10.4. The second-order valence-corrected chi connectivity index (χ2v) is 6.91. The smallest absolute Gasteiger partial charge is 0.140 e. The van der Waals surface area contributed by atoms with E-state index in [-0.39, 0.29) is 5.92 Å². The Balaban J connectivity index is 1.77. The van der Waals surface area contributed by atoms with E-state index in [0.717, 1.165) is 38.0 Å². The molecule has 23 heavy (non-hydrogen) atoms. The maximum Gasteiger partial charge on any atom is 0.140 e. The lowest BCUT2D eigenvalue weighted by Gasteiger charge is -2.27. The van der Waals surface area contributed by atoms with Gasteiger partial charge in [-0.1, -0.05) is 58.1 Å². The lowest BCUT2D eigenvalue weighted by molar-refractivity contribution is -0.123. The molecule has 1 aromatic carbocycles.